The van der Waals surface area contributed by atoms with Crippen LogP contribution < -0.4 is 0 Å². The molecule has 24 heavy (non-hydrogen) atoms. The van der Waals surface area contributed by atoms with E-state index in [9.17, 15) is 14.0 Å². The minimum Gasteiger partial charge on any atom is -0.342 e. The van der Waals surface area contributed by atoms with Crippen LogP contribution in [0.3, 0.4) is 0 Å². The molecular formula is C18H24BrFN2O2. The molecular weight excluding hydrogens is 375 g/mol. The van der Waals surface area contributed by atoms with Gasteiger partial charge in [-0.25, -0.2) is 4.39 Å². The Morgan fingerprint density at radius 2 is 1.96 bits per heavy atom. The first-order chi connectivity index (χ1) is 11.3. The highest BCUT2D eigenvalue weighted by molar-refractivity contribution is 9.10. The Balaban J connectivity index is 1.92. The Morgan fingerprint density at radius 3 is 2.54 bits per heavy atom. The summed E-state index contributed by atoms with van der Waals surface area (Å²) in [6, 6.07) is 4.73. The minimum absolute atomic E-state index is 0.0144. The fraction of sp³-hybridized carbons (Fsp3) is 0.556. The zero-order valence-corrected chi connectivity index (χ0v) is 16.0. The molecule has 6 heteroatoms. The van der Waals surface area contributed by atoms with E-state index in [4.69, 9.17) is 0 Å². The molecule has 1 aromatic rings. The third-order valence-corrected chi connectivity index (χ3v) is 4.93. The van der Waals surface area contributed by atoms with Gasteiger partial charge in [0.25, 0.3) is 0 Å². The van der Waals surface area contributed by atoms with Gasteiger partial charge in [0, 0.05) is 48.6 Å². The van der Waals surface area contributed by atoms with Gasteiger partial charge in [0.1, 0.15) is 5.82 Å². The van der Waals surface area contributed by atoms with Crippen molar-refractivity contribution in [1.82, 2.24) is 9.80 Å². The lowest BCUT2D eigenvalue weighted by atomic mass is 9.94. The second-order valence-corrected chi connectivity index (χ2v) is 7.60. The van der Waals surface area contributed by atoms with Crippen molar-refractivity contribution >= 4 is 27.7 Å². The van der Waals surface area contributed by atoms with Crippen molar-refractivity contribution in [2.24, 2.45) is 11.8 Å². The predicted octanol–water partition coefficient (Wildman–Crippen LogP) is 3.44. The number of nitrogens with zero attached hydrogens (tertiary/aromatic N) is 2. The van der Waals surface area contributed by atoms with E-state index in [1.807, 2.05) is 18.7 Å². The smallest absolute Gasteiger partial charge is 0.225 e. The van der Waals surface area contributed by atoms with Gasteiger partial charge in [0.15, 0.2) is 0 Å². The average molecular weight is 399 g/mol. The van der Waals surface area contributed by atoms with Crippen molar-refractivity contribution in [1.29, 1.82) is 0 Å². The second kappa shape index (κ2) is 8.10. The Hall–Kier alpha value is -1.43. The van der Waals surface area contributed by atoms with Crippen molar-refractivity contribution in [3.63, 3.8) is 0 Å². The van der Waals surface area contributed by atoms with Crippen LogP contribution in [0.5, 0.6) is 0 Å². The summed E-state index contributed by atoms with van der Waals surface area (Å²) >= 11 is 3.32. The quantitative estimate of drug-likeness (QED) is 0.779. The van der Waals surface area contributed by atoms with Crippen molar-refractivity contribution < 1.29 is 14.0 Å². The molecule has 0 atom stereocenters. The van der Waals surface area contributed by atoms with Crippen LogP contribution >= 0.6 is 15.9 Å². The lowest BCUT2D eigenvalue weighted by Gasteiger charge is -2.34. The van der Waals surface area contributed by atoms with E-state index >= 15 is 0 Å². The standard InChI is InChI=1S/C18H24BrFN2O2/c1-12(2)17(23)22-8-6-13(7-9-22)18(24)21(3)11-14-10-15(19)4-5-16(14)20/h4-5,10,12-13H,6-9,11H2,1-3H3. The number of hydrogen-bond acceptors (Lipinski definition) is 2. The molecule has 0 aromatic heterocycles. The van der Waals surface area contributed by atoms with Gasteiger partial charge in [0.2, 0.25) is 11.8 Å². The number of benzene rings is 1. The second-order valence-electron chi connectivity index (χ2n) is 6.68. The van der Waals surface area contributed by atoms with Gasteiger partial charge in [-0.05, 0) is 31.0 Å². The molecule has 0 radical (unpaired) electrons. The van der Waals surface area contributed by atoms with Gasteiger partial charge < -0.3 is 9.80 Å². The molecule has 0 bridgehead atoms. The molecule has 1 fully saturated rings. The number of halogens is 2. The van der Waals surface area contributed by atoms with E-state index in [0.29, 0.717) is 31.5 Å². The third-order valence-electron chi connectivity index (χ3n) is 4.44. The summed E-state index contributed by atoms with van der Waals surface area (Å²) in [7, 11) is 1.70. The molecule has 2 rings (SSSR count). The number of piperidine rings is 1. The molecule has 0 unspecified atom stereocenters. The molecule has 1 aliphatic rings. The van der Waals surface area contributed by atoms with Crippen molar-refractivity contribution in [2.75, 3.05) is 20.1 Å². The molecule has 1 aliphatic heterocycles. The molecule has 0 aliphatic carbocycles. The highest BCUT2D eigenvalue weighted by Gasteiger charge is 2.30. The van der Waals surface area contributed by atoms with Crippen molar-refractivity contribution in [3.05, 3.63) is 34.1 Å². The molecule has 1 saturated heterocycles. The molecule has 1 heterocycles. The fourth-order valence-corrected chi connectivity index (χ4v) is 3.43. The molecule has 0 N–H and O–H groups in total. The number of rotatable bonds is 4. The monoisotopic (exact) mass is 398 g/mol. The molecule has 0 spiro atoms. The molecule has 132 valence electrons. The zero-order chi connectivity index (χ0) is 17.9. The summed E-state index contributed by atoms with van der Waals surface area (Å²) < 4.78 is 14.6. The highest BCUT2D eigenvalue weighted by atomic mass is 79.9. The molecule has 4 nitrogen and oxygen atoms in total. The third kappa shape index (κ3) is 4.56. The summed E-state index contributed by atoms with van der Waals surface area (Å²) in [5.74, 6) is -0.257. The Labute approximate surface area is 151 Å². The van der Waals surface area contributed by atoms with E-state index in [1.54, 1.807) is 24.1 Å². The number of amides is 2. The van der Waals surface area contributed by atoms with Crippen LogP contribution in [0.4, 0.5) is 4.39 Å². The SMILES string of the molecule is CC(C)C(=O)N1CCC(C(=O)N(C)Cc2cc(Br)ccc2F)CC1. The fourth-order valence-electron chi connectivity index (χ4n) is 3.02. The lowest BCUT2D eigenvalue weighted by molar-refractivity contribution is -0.141. The van der Waals surface area contributed by atoms with E-state index in [1.165, 1.54) is 6.07 Å². The maximum atomic E-state index is 13.8. The van der Waals surface area contributed by atoms with Crippen LogP contribution in [-0.2, 0) is 16.1 Å². The Bertz CT molecular complexity index is 613. The number of hydrogen-bond donors (Lipinski definition) is 0. The van der Waals surface area contributed by atoms with E-state index in [-0.39, 0.29) is 36.0 Å². The minimum atomic E-state index is -0.310. The summed E-state index contributed by atoms with van der Waals surface area (Å²) in [6.45, 7) is 5.26. The van der Waals surface area contributed by atoms with Crippen LogP contribution in [0, 0.1) is 17.7 Å². The summed E-state index contributed by atoms with van der Waals surface area (Å²) in [5, 5.41) is 0. The summed E-state index contributed by atoms with van der Waals surface area (Å²) in [6.07, 6.45) is 1.34. The van der Waals surface area contributed by atoms with Gasteiger partial charge >= 0.3 is 0 Å². The van der Waals surface area contributed by atoms with E-state index in [2.05, 4.69) is 15.9 Å². The first kappa shape index (κ1) is 18.9. The van der Waals surface area contributed by atoms with Crippen LogP contribution in [0.25, 0.3) is 0 Å². The molecule has 0 saturated carbocycles. The summed E-state index contributed by atoms with van der Waals surface area (Å²) in [5.41, 5.74) is 0.493. The topological polar surface area (TPSA) is 40.6 Å². The van der Waals surface area contributed by atoms with Gasteiger partial charge in [0.05, 0.1) is 0 Å². The number of likely N-dealkylation sites (tertiary alicyclic amines) is 1. The molecule has 2 amide bonds. The van der Waals surface area contributed by atoms with Crippen molar-refractivity contribution in [3.8, 4) is 0 Å². The highest BCUT2D eigenvalue weighted by Crippen LogP contribution is 2.22. The largest absolute Gasteiger partial charge is 0.342 e. The average Bonchev–Trinajstić information content (AvgIpc) is 2.56. The van der Waals surface area contributed by atoms with Crippen LogP contribution in [0.1, 0.15) is 32.3 Å². The van der Waals surface area contributed by atoms with Gasteiger partial charge in [-0.15, -0.1) is 0 Å². The van der Waals surface area contributed by atoms with Crippen LogP contribution in [-0.4, -0.2) is 41.8 Å². The number of carbonyl (C=O) groups excluding carboxylic acids is 2. The van der Waals surface area contributed by atoms with Gasteiger partial charge in [-0.3, -0.25) is 9.59 Å². The Morgan fingerprint density at radius 1 is 1.33 bits per heavy atom. The summed E-state index contributed by atoms with van der Waals surface area (Å²) in [4.78, 5) is 28.0. The van der Waals surface area contributed by atoms with Crippen LogP contribution in [0.15, 0.2) is 22.7 Å². The number of carbonyl (C=O) groups is 2. The lowest BCUT2D eigenvalue weighted by Crippen LogP contribution is -2.44. The van der Waals surface area contributed by atoms with Gasteiger partial charge in [-0.2, -0.15) is 0 Å². The molecule has 1 aromatic carbocycles. The normalized spacial score (nSPS) is 15.7. The van der Waals surface area contributed by atoms with Crippen molar-refractivity contribution in [2.45, 2.75) is 33.2 Å². The van der Waals surface area contributed by atoms with Gasteiger partial charge in [-0.1, -0.05) is 29.8 Å². The predicted molar refractivity (Wildman–Crippen MR) is 94.7 cm³/mol. The zero-order valence-electron chi connectivity index (χ0n) is 14.4. The Kier molecular flexibility index (Phi) is 6.38. The first-order valence-electron chi connectivity index (χ1n) is 8.27. The first-order valence-corrected chi connectivity index (χ1v) is 9.06. The van der Waals surface area contributed by atoms with Crippen LogP contribution in [0.2, 0.25) is 0 Å². The van der Waals surface area contributed by atoms with E-state index in [0.717, 1.165) is 4.47 Å². The maximum absolute atomic E-state index is 13.8. The van der Waals surface area contributed by atoms with E-state index < -0.39 is 0 Å². The maximum Gasteiger partial charge on any atom is 0.225 e.